The molecule has 15 heavy (non-hydrogen) atoms. The Morgan fingerprint density at radius 3 is 2.87 bits per heavy atom. The third-order valence-corrected chi connectivity index (χ3v) is 2.47. The average Bonchev–Trinajstić information content (AvgIpc) is 2.61. The van der Waals surface area contributed by atoms with Gasteiger partial charge in [0.1, 0.15) is 17.3 Å². The summed E-state index contributed by atoms with van der Waals surface area (Å²) >= 11 is 5.73. The first-order valence-electron chi connectivity index (χ1n) is 4.52. The van der Waals surface area contributed by atoms with Crippen LogP contribution in [0.5, 0.6) is 0 Å². The van der Waals surface area contributed by atoms with E-state index >= 15 is 0 Å². The predicted molar refractivity (Wildman–Crippen MR) is 55.9 cm³/mol. The van der Waals surface area contributed by atoms with Gasteiger partial charge in [0, 0.05) is 11.5 Å². The lowest BCUT2D eigenvalue weighted by Gasteiger charge is -2.18. The molecule has 0 aromatic carbocycles. The van der Waals surface area contributed by atoms with Crippen molar-refractivity contribution in [2.24, 2.45) is 0 Å². The summed E-state index contributed by atoms with van der Waals surface area (Å²) in [6.45, 7) is 3.77. The first kappa shape index (κ1) is 10.3. The minimum atomic E-state index is -0.449. The number of hydrogen-bond acceptors (Lipinski definition) is 4. The molecule has 1 N–H and O–H groups in total. The van der Waals surface area contributed by atoms with Gasteiger partial charge in [-0.15, -0.1) is 10.2 Å². The fourth-order valence-corrected chi connectivity index (χ4v) is 1.45. The van der Waals surface area contributed by atoms with Crippen LogP contribution in [0.4, 0.5) is 0 Å². The van der Waals surface area contributed by atoms with Crippen molar-refractivity contribution in [1.29, 1.82) is 0 Å². The second-order valence-electron chi connectivity index (χ2n) is 4.01. The van der Waals surface area contributed by atoms with Crippen LogP contribution in [-0.4, -0.2) is 31.3 Å². The van der Waals surface area contributed by atoms with Crippen LogP contribution < -0.4 is 0 Å². The molecular weight excluding hydrogens is 216 g/mol. The van der Waals surface area contributed by atoms with Crippen molar-refractivity contribution < 1.29 is 5.11 Å². The zero-order valence-corrected chi connectivity index (χ0v) is 9.23. The van der Waals surface area contributed by atoms with Gasteiger partial charge in [-0.2, -0.15) is 0 Å². The number of fused-ring (bicyclic) bond motifs is 1. The minimum absolute atomic E-state index is 0.00355. The van der Waals surface area contributed by atoms with Crippen LogP contribution in [0.3, 0.4) is 0 Å². The van der Waals surface area contributed by atoms with Gasteiger partial charge < -0.3 is 5.11 Å². The molecule has 0 bridgehead atoms. The van der Waals surface area contributed by atoms with E-state index in [4.69, 9.17) is 11.6 Å². The fourth-order valence-electron chi connectivity index (χ4n) is 1.30. The molecule has 0 fully saturated rings. The van der Waals surface area contributed by atoms with Crippen LogP contribution in [0.15, 0.2) is 12.4 Å². The smallest absolute Gasteiger partial charge is 0.165 e. The van der Waals surface area contributed by atoms with E-state index in [1.165, 1.54) is 0 Å². The Balaban J connectivity index is 2.64. The number of rotatable bonds is 2. The van der Waals surface area contributed by atoms with Crippen molar-refractivity contribution in [1.82, 2.24) is 19.6 Å². The Morgan fingerprint density at radius 1 is 1.47 bits per heavy atom. The molecule has 5 nitrogen and oxygen atoms in total. The molecule has 2 aromatic rings. The summed E-state index contributed by atoms with van der Waals surface area (Å²) in [5, 5.41) is 17.6. The molecule has 0 amide bonds. The van der Waals surface area contributed by atoms with Gasteiger partial charge >= 0.3 is 0 Å². The number of hydrogen-bond donors (Lipinski definition) is 1. The number of aliphatic hydroxyl groups excluding tert-OH is 1. The number of aromatic nitrogens is 4. The number of nitrogens with zero attached hydrogens (tertiary/aromatic N) is 4. The van der Waals surface area contributed by atoms with E-state index < -0.39 is 5.41 Å². The van der Waals surface area contributed by atoms with Gasteiger partial charge in [-0.25, -0.2) is 4.98 Å². The Kier molecular flexibility index (Phi) is 2.36. The lowest BCUT2D eigenvalue weighted by atomic mass is 9.94. The molecule has 0 radical (unpaired) electrons. The Bertz CT molecular complexity index is 494. The van der Waals surface area contributed by atoms with Crippen molar-refractivity contribution >= 4 is 17.2 Å². The standard InChI is InChI=1S/C9H11ClN4O/c1-9(2,4-15)8-13-12-7-3-6(10)11-5-14(7)8/h3,5,15H,4H2,1-2H3. The molecule has 0 aliphatic heterocycles. The highest BCUT2D eigenvalue weighted by atomic mass is 35.5. The summed E-state index contributed by atoms with van der Waals surface area (Å²) in [5.74, 6) is 0.671. The lowest BCUT2D eigenvalue weighted by molar-refractivity contribution is 0.210. The van der Waals surface area contributed by atoms with E-state index in [1.54, 1.807) is 16.8 Å². The first-order chi connectivity index (χ1) is 7.04. The van der Waals surface area contributed by atoms with Gasteiger partial charge in [0.05, 0.1) is 6.61 Å². The molecule has 0 aliphatic carbocycles. The van der Waals surface area contributed by atoms with E-state index in [2.05, 4.69) is 15.2 Å². The zero-order chi connectivity index (χ0) is 11.1. The maximum atomic E-state index is 9.25. The summed E-state index contributed by atoms with van der Waals surface area (Å²) in [6.07, 6.45) is 1.56. The van der Waals surface area contributed by atoms with Gasteiger partial charge in [0.15, 0.2) is 5.65 Å². The first-order valence-corrected chi connectivity index (χ1v) is 4.90. The van der Waals surface area contributed by atoms with Gasteiger partial charge in [-0.3, -0.25) is 4.40 Å². The number of halogens is 1. The summed E-state index contributed by atoms with van der Waals surface area (Å²) in [5.41, 5.74) is 0.182. The summed E-state index contributed by atoms with van der Waals surface area (Å²) in [6, 6.07) is 1.63. The highest BCUT2D eigenvalue weighted by Crippen LogP contribution is 2.21. The van der Waals surface area contributed by atoms with Crippen molar-refractivity contribution in [3.8, 4) is 0 Å². The summed E-state index contributed by atoms with van der Waals surface area (Å²) < 4.78 is 1.72. The quantitative estimate of drug-likeness (QED) is 0.778. The molecule has 6 heteroatoms. The van der Waals surface area contributed by atoms with Gasteiger partial charge in [-0.05, 0) is 0 Å². The van der Waals surface area contributed by atoms with E-state index in [0.29, 0.717) is 16.6 Å². The van der Waals surface area contributed by atoms with Crippen LogP contribution in [-0.2, 0) is 5.41 Å². The van der Waals surface area contributed by atoms with Gasteiger partial charge in [-0.1, -0.05) is 25.4 Å². The highest BCUT2D eigenvalue weighted by molar-refractivity contribution is 6.29. The molecule has 0 aliphatic rings. The van der Waals surface area contributed by atoms with Crippen molar-refractivity contribution in [3.05, 3.63) is 23.4 Å². The largest absolute Gasteiger partial charge is 0.395 e. The average molecular weight is 227 g/mol. The molecule has 0 saturated carbocycles. The molecule has 2 rings (SSSR count). The normalized spacial score (nSPS) is 12.3. The van der Waals surface area contributed by atoms with Gasteiger partial charge in [0.2, 0.25) is 0 Å². The predicted octanol–water partition coefficient (Wildman–Crippen LogP) is 1.05. The lowest BCUT2D eigenvalue weighted by Crippen LogP contribution is -2.25. The monoisotopic (exact) mass is 226 g/mol. The van der Waals surface area contributed by atoms with Crippen molar-refractivity contribution in [3.63, 3.8) is 0 Å². The van der Waals surface area contributed by atoms with Crippen LogP contribution in [0.2, 0.25) is 5.15 Å². The van der Waals surface area contributed by atoms with E-state index in [1.807, 2.05) is 13.8 Å². The fraction of sp³-hybridized carbons (Fsp3) is 0.444. The van der Waals surface area contributed by atoms with Crippen molar-refractivity contribution in [2.75, 3.05) is 6.61 Å². The minimum Gasteiger partial charge on any atom is -0.395 e. The molecule has 2 aromatic heterocycles. The molecule has 0 saturated heterocycles. The SMILES string of the molecule is CC(C)(CO)c1nnc2cc(Cl)ncn12. The third-order valence-electron chi connectivity index (χ3n) is 2.27. The second-order valence-corrected chi connectivity index (χ2v) is 4.39. The van der Waals surface area contributed by atoms with E-state index in [9.17, 15) is 5.11 Å². The molecule has 2 heterocycles. The van der Waals surface area contributed by atoms with Crippen LogP contribution >= 0.6 is 11.6 Å². The third kappa shape index (κ3) is 1.68. The Morgan fingerprint density at radius 2 is 2.20 bits per heavy atom. The van der Waals surface area contributed by atoms with E-state index in [0.717, 1.165) is 0 Å². The van der Waals surface area contributed by atoms with Crippen molar-refractivity contribution in [2.45, 2.75) is 19.3 Å². The van der Waals surface area contributed by atoms with Crippen LogP contribution in [0, 0.1) is 0 Å². The highest BCUT2D eigenvalue weighted by Gasteiger charge is 2.25. The maximum Gasteiger partial charge on any atom is 0.165 e. The topological polar surface area (TPSA) is 63.3 Å². The Hall–Kier alpha value is -1.20. The summed E-state index contributed by atoms with van der Waals surface area (Å²) in [7, 11) is 0. The Labute approximate surface area is 91.7 Å². The molecular formula is C9H11ClN4O. The molecule has 0 unspecified atom stereocenters. The second kappa shape index (κ2) is 3.43. The maximum absolute atomic E-state index is 9.25. The molecule has 80 valence electrons. The zero-order valence-electron chi connectivity index (χ0n) is 8.48. The molecule has 0 spiro atoms. The van der Waals surface area contributed by atoms with Crippen LogP contribution in [0.25, 0.3) is 5.65 Å². The molecule has 0 atom stereocenters. The number of aliphatic hydroxyl groups is 1. The summed E-state index contributed by atoms with van der Waals surface area (Å²) in [4.78, 5) is 3.95. The van der Waals surface area contributed by atoms with E-state index in [-0.39, 0.29) is 6.61 Å². The van der Waals surface area contributed by atoms with Gasteiger partial charge in [0.25, 0.3) is 0 Å². The van der Waals surface area contributed by atoms with Crippen LogP contribution in [0.1, 0.15) is 19.7 Å².